The van der Waals surface area contributed by atoms with Crippen LogP contribution in [0.5, 0.6) is 5.75 Å². The standard InChI is InChI=1S/C11H12O3/c1-3-11(2)13-9-7-5-4-6-8(9)10(12)14-11/h4-7H,3H2,1-2H3. The molecule has 1 aliphatic rings. The molecular formula is C11H12O3. The monoisotopic (exact) mass is 192 g/mol. The third kappa shape index (κ3) is 1.35. The third-order valence-electron chi connectivity index (χ3n) is 2.38. The lowest BCUT2D eigenvalue weighted by atomic mass is 10.1. The van der Waals surface area contributed by atoms with Gasteiger partial charge in [0, 0.05) is 13.3 Å². The molecule has 0 bridgehead atoms. The van der Waals surface area contributed by atoms with Crippen LogP contribution in [0.1, 0.15) is 30.6 Å². The molecule has 74 valence electrons. The average Bonchev–Trinajstić information content (AvgIpc) is 2.18. The number of para-hydroxylation sites is 1. The zero-order valence-corrected chi connectivity index (χ0v) is 8.24. The van der Waals surface area contributed by atoms with E-state index in [9.17, 15) is 4.79 Å². The van der Waals surface area contributed by atoms with Crippen LogP contribution in [0.4, 0.5) is 0 Å². The van der Waals surface area contributed by atoms with Crippen LogP contribution < -0.4 is 4.74 Å². The molecule has 0 aromatic heterocycles. The summed E-state index contributed by atoms with van der Waals surface area (Å²) < 4.78 is 10.8. The van der Waals surface area contributed by atoms with E-state index in [4.69, 9.17) is 9.47 Å². The smallest absolute Gasteiger partial charge is 0.345 e. The molecule has 3 heteroatoms. The lowest BCUT2D eigenvalue weighted by Crippen LogP contribution is -2.41. The number of hydrogen-bond donors (Lipinski definition) is 0. The van der Waals surface area contributed by atoms with Crippen molar-refractivity contribution < 1.29 is 14.3 Å². The van der Waals surface area contributed by atoms with Crippen molar-refractivity contribution in [2.24, 2.45) is 0 Å². The fraction of sp³-hybridized carbons (Fsp3) is 0.364. The molecule has 1 aliphatic heterocycles. The van der Waals surface area contributed by atoms with Gasteiger partial charge >= 0.3 is 5.97 Å². The number of rotatable bonds is 1. The molecule has 1 unspecified atom stereocenters. The minimum Gasteiger partial charge on any atom is -0.452 e. The van der Waals surface area contributed by atoms with Crippen LogP contribution in [-0.2, 0) is 4.74 Å². The van der Waals surface area contributed by atoms with Crippen molar-refractivity contribution in [1.82, 2.24) is 0 Å². The van der Waals surface area contributed by atoms with Gasteiger partial charge in [0.1, 0.15) is 11.3 Å². The second-order valence-corrected chi connectivity index (χ2v) is 3.48. The number of esters is 1. The second-order valence-electron chi connectivity index (χ2n) is 3.48. The van der Waals surface area contributed by atoms with Crippen molar-refractivity contribution in [3.05, 3.63) is 29.8 Å². The summed E-state index contributed by atoms with van der Waals surface area (Å²) in [5, 5.41) is 0. The third-order valence-corrected chi connectivity index (χ3v) is 2.38. The highest BCUT2D eigenvalue weighted by atomic mass is 16.7. The molecule has 0 fully saturated rings. The Hall–Kier alpha value is -1.51. The summed E-state index contributed by atoms with van der Waals surface area (Å²) in [6.07, 6.45) is 0.632. The summed E-state index contributed by atoms with van der Waals surface area (Å²) in [7, 11) is 0. The van der Waals surface area contributed by atoms with E-state index in [1.807, 2.05) is 13.0 Å². The molecule has 1 heterocycles. The van der Waals surface area contributed by atoms with Crippen molar-refractivity contribution in [3.63, 3.8) is 0 Å². The van der Waals surface area contributed by atoms with E-state index in [2.05, 4.69) is 0 Å². The molecule has 0 aliphatic carbocycles. The van der Waals surface area contributed by atoms with Crippen LogP contribution in [0.15, 0.2) is 24.3 Å². The second kappa shape index (κ2) is 3.01. The largest absolute Gasteiger partial charge is 0.452 e. The van der Waals surface area contributed by atoms with Crippen molar-refractivity contribution in [3.8, 4) is 5.75 Å². The molecule has 0 N–H and O–H groups in total. The lowest BCUT2D eigenvalue weighted by Gasteiger charge is -2.33. The molecule has 14 heavy (non-hydrogen) atoms. The summed E-state index contributed by atoms with van der Waals surface area (Å²) in [4.78, 5) is 11.6. The first-order chi connectivity index (χ1) is 6.64. The van der Waals surface area contributed by atoms with Gasteiger partial charge in [0.2, 0.25) is 0 Å². The maximum absolute atomic E-state index is 11.6. The number of carbonyl (C=O) groups is 1. The Morgan fingerprint density at radius 1 is 1.29 bits per heavy atom. The van der Waals surface area contributed by atoms with E-state index >= 15 is 0 Å². The van der Waals surface area contributed by atoms with Crippen LogP contribution in [-0.4, -0.2) is 11.8 Å². The molecule has 3 nitrogen and oxygen atoms in total. The van der Waals surface area contributed by atoms with Crippen LogP contribution in [0.3, 0.4) is 0 Å². The summed E-state index contributed by atoms with van der Waals surface area (Å²) in [5.41, 5.74) is 0.499. The van der Waals surface area contributed by atoms with Crippen LogP contribution in [0, 0.1) is 0 Å². The number of cyclic esters (lactones) is 1. The SMILES string of the molecule is CCC1(C)OC(=O)c2ccccc2O1. The Morgan fingerprint density at radius 2 is 2.00 bits per heavy atom. The molecule has 0 saturated heterocycles. The van der Waals surface area contributed by atoms with Crippen LogP contribution in [0.2, 0.25) is 0 Å². The van der Waals surface area contributed by atoms with E-state index in [0.29, 0.717) is 17.7 Å². The fourth-order valence-corrected chi connectivity index (χ4v) is 1.37. The Kier molecular flexibility index (Phi) is 1.95. The van der Waals surface area contributed by atoms with E-state index in [1.54, 1.807) is 25.1 Å². The van der Waals surface area contributed by atoms with Gasteiger partial charge in [0.25, 0.3) is 5.79 Å². The first-order valence-electron chi connectivity index (χ1n) is 4.66. The molecule has 0 spiro atoms. The Bertz CT molecular complexity index is 373. The molecule has 2 rings (SSSR count). The number of carbonyl (C=O) groups excluding carboxylic acids is 1. The predicted molar refractivity (Wildman–Crippen MR) is 51.2 cm³/mol. The highest BCUT2D eigenvalue weighted by Gasteiger charge is 2.36. The highest BCUT2D eigenvalue weighted by Crippen LogP contribution is 2.32. The van der Waals surface area contributed by atoms with E-state index in [0.717, 1.165) is 0 Å². The average molecular weight is 192 g/mol. The maximum Gasteiger partial charge on any atom is 0.345 e. The van der Waals surface area contributed by atoms with Gasteiger partial charge in [-0.15, -0.1) is 0 Å². The maximum atomic E-state index is 11.6. The van der Waals surface area contributed by atoms with Crippen LogP contribution in [0.25, 0.3) is 0 Å². The van der Waals surface area contributed by atoms with E-state index in [1.165, 1.54) is 0 Å². The van der Waals surface area contributed by atoms with E-state index in [-0.39, 0.29) is 5.97 Å². The van der Waals surface area contributed by atoms with Crippen LogP contribution >= 0.6 is 0 Å². The molecule has 0 radical (unpaired) electrons. The van der Waals surface area contributed by atoms with Gasteiger partial charge in [-0.1, -0.05) is 19.1 Å². The van der Waals surface area contributed by atoms with Gasteiger partial charge in [-0.2, -0.15) is 0 Å². The summed E-state index contributed by atoms with van der Waals surface area (Å²) in [6, 6.07) is 7.11. The minimum absolute atomic E-state index is 0.309. The van der Waals surface area contributed by atoms with Gasteiger partial charge in [0.05, 0.1) is 0 Å². The zero-order chi connectivity index (χ0) is 10.2. The van der Waals surface area contributed by atoms with Crippen molar-refractivity contribution in [2.45, 2.75) is 26.1 Å². The fourth-order valence-electron chi connectivity index (χ4n) is 1.37. The number of fused-ring (bicyclic) bond motifs is 1. The minimum atomic E-state index is -0.814. The number of ether oxygens (including phenoxy) is 2. The topological polar surface area (TPSA) is 35.5 Å². The molecule has 1 atom stereocenters. The quantitative estimate of drug-likeness (QED) is 0.641. The summed E-state index contributed by atoms with van der Waals surface area (Å²) in [5.74, 6) is -0.518. The molecule has 0 amide bonds. The normalized spacial score (nSPS) is 24.9. The van der Waals surface area contributed by atoms with Gasteiger partial charge in [-0.05, 0) is 12.1 Å². The first kappa shape index (κ1) is 9.06. The van der Waals surface area contributed by atoms with Gasteiger partial charge in [0.15, 0.2) is 0 Å². The van der Waals surface area contributed by atoms with E-state index < -0.39 is 5.79 Å². The summed E-state index contributed by atoms with van der Waals surface area (Å²) in [6.45, 7) is 3.68. The van der Waals surface area contributed by atoms with Gasteiger partial charge < -0.3 is 9.47 Å². The predicted octanol–water partition coefficient (Wildman–Crippen LogP) is 2.36. The highest BCUT2D eigenvalue weighted by molar-refractivity contribution is 5.93. The molecule has 1 aromatic carbocycles. The number of benzene rings is 1. The lowest BCUT2D eigenvalue weighted by molar-refractivity contribution is -0.142. The molecule has 0 saturated carbocycles. The van der Waals surface area contributed by atoms with Crippen molar-refractivity contribution >= 4 is 5.97 Å². The van der Waals surface area contributed by atoms with Gasteiger partial charge in [-0.3, -0.25) is 0 Å². The van der Waals surface area contributed by atoms with Gasteiger partial charge in [-0.25, -0.2) is 4.79 Å². The summed E-state index contributed by atoms with van der Waals surface area (Å²) >= 11 is 0. The Morgan fingerprint density at radius 3 is 2.71 bits per heavy atom. The van der Waals surface area contributed by atoms with Crippen molar-refractivity contribution in [2.75, 3.05) is 0 Å². The Balaban J connectivity index is 2.43. The molecular weight excluding hydrogens is 180 g/mol. The first-order valence-corrected chi connectivity index (χ1v) is 4.66. The zero-order valence-electron chi connectivity index (χ0n) is 8.24. The number of hydrogen-bond acceptors (Lipinski definition) is 3. The molecule has 1 aromatic rings. The Labute approximate surface area is 82.6 Å². The van der Waals surface area contributed by atoms with Crippen molar-refractivity contribution in [1.29, 1.82) is 0 Å².